The van der Waals surface area contributed by atoms with E-state index in [4.69, 9.17) is 28.9 Å². The van der Waals surface area contributed by atoms with Gasteiger partial charge in [-0.2, -0.15) is 4.98 Å². The number of benzene rings is 2. The summed E-state index contributed by atoms with van der Waals surface area (Å²) in [4.78, 5) is 8.44. The van der Waals surface area contributed by atoms with E-state index < -0.39 is 0 Å². The molecule has 0 aliphatic heterocycles. The molecule has 0 atom stereocenters. The van der Waals surface area contributed by atoms with E-state index in [1.54, 1.807) is 13.1 Å². The first-order valence-corrected chi connectivity index (χ1v) is 7.05. The number of aromatic nitrogens is 2. The van der Waals surface area contributed by atoms with Gasteiger partial charge in [-0.1, -0.05) is 41.4 Å². The molecule has 0 saturated carbocycles. The Morgan fingerprint density at radius 2 is 1.90 bits per heavy atom. The van der Waals surface area contributed by atoms with E-state index >= 15 is 0 Å². The van der Waals surface area contributed by atoms with E-state index in [2.05, 4.69) is 15.3 Å². The molecule has 1 heterocycles. The number of halogens is 2. The number of rotatable bonds is 2. The van der Waals surface area contributed by atoms with E-state index in [9.17, 15) is 0 Å². The predicted molar refractivity (Wildman–Crippen MR) is 89.0 cm³/mol. The van der Waals surface area contributed by atoms with Crippen LogP contribution in [0.2, 0.25) is 10.0 Å². The van der Waals surface area contributed by atoms with Gasteiger partial charge >= 0.3 is 0 Å². The zero-order chi connectivity index (χ0) is 15.0. The molecule has 0 unspecified atom stereocenters. The molecule has 0 fully saturated rings. The Balaban J connectivity index is 2.24. The van der Waals surface area contributed by atoms with Gasteiger partial charge < -0.3 is 11.1 Å². The lowest BCUT2D eigenvalue weighted by Crippen LogP contribution is -2.01. The minimum atomic E-state index is 0.223. The molecule has 3 N–H and O–H groups in total. The average molecular weight is 319 g/mol. The van der Waals surface area contributed by atoms with Crippen molar-refractivity contribution in [2.75, 3.05) is 18.1 Å². The van der Waals surface area contributed by atoms with Gasteiger partial charge in [-0.05, 0) is 23.8 Å². The maximum Gasteiger partial charge on any atom is 0.222 e. The first-order chi connectivity index (χ1) is 10.1. The van der Waals surface area contributed by atoms with Gasteiger partial charge in [-0.15, -0.1) is 0 Å². The zero-order valence-electron chi connectivity index (χ0n) is 11.2. The molecule has 0 amide bonds. The topological polar surface area (TPSA) is 63.8 Å². The van der Waals surface area contributed by atoms with Crippen molar-refractivity contribution in [2.24, 2.45) is 0 Å². The predicted octanol–water partition coefficient (Wildman–Crippen LogP) is 4.23. The Hall–Kier alpha value is -2.04. The molecule has 0 aliphatic carbocycles. The van der Waals surface area contributed by atoms with E-state index in [1.165, 1.54) is 0 Å². The Morgan fingerprint density at radius 1 is 1.10 bits per heavy atom. The number of hydrogen-bond donors (Lipinski definition) is 2. The van der Waals surface area contributed by atoms with Gasteiger partial charge in [0.2, 0.25) is 5.95 Å². The minimum absolute atomic E-state index is 0.223. The molecule has 0 aliphatic rings. The molecule has 21 heavy (non-hydrogen) atoms. The van der Waals surface area contributed by atoms with Gasteiger partial charge in [-0.3, -0.25) is 0 Å². The summed E-state index contributed by atoms with van der Waals surface area (Å²) >= 11 is 12.3. The molecule has 3 rings (SSSR count). The summed E-state index contributed by atoms with van der Waals surface area (Å²) < 4.78 is 0. The Morgan fingerprint density at radius 3 is 2.67 bits per heavy atom. The SMILES string of the molecule is CNc1nc(N)nc2cc(-c3cccc(Cl)c3Cl)ccc12. The monoisotopic (exact) mass is 318 g/mol. The van der Waals surface area contributed by atoms with Gasteiger partial charge in [0.25, 0.3) is 0 Å². The lowest BCUT2D eigenvalue weighted by Gasteiger charge is -2.09. The third-order valence-electron chi connectivity index (χ3n) is 3.21. The van der Waals surface area contributed by atoms with Crippen LogP contribution in [0.4, 0.5) is 11.8 Å². The zero-order valence-corrected chi connectivity index (χ0v) is 12.7. The molecule has 1 aromatic heterocycles. The number of nitrogens with two attached hydrogens (primary N) is 1. The minimum Gasteiger partial charge on any atom is -0.372 e. The summed E-state index contributed by atoms with van der Waals surface area (Å²) in [6, 6.07) is 11.4. The fourth-order valence-electron chi connectivity index (χ4n) is 2.23. The molecular formula is C15H12Cl2N4. The quantitative estimate of drug-likeness (QED) is 0.742. The average Bonchev–Trinajstić information content (AvgIpc) is 2.48. The summed E-state index contributed by atoms with van der Waals surface area (Å²) in [7, 11) is 1.79. The van der Waals surface area contributed by atoms with Crippen molar-refractivity contribution >= 4 is 45.9 Å². The van der Waals surface area contributed by atoms with Crippen molar-refractivity contribution < 1.29 is 0 Å². The van der Waals surface area contributed by atoms with Gasteiger partial charge in [0, 0.05) is 18.0 Å². The fraction of sp³-hybridized carbons (Fsp3) is 0.0667. The molecule has 0 bridgehead atoms. The smallest absolute Gasteiger partial charge is 0.222 e. The molecule has 6 heteroatoms. The Bertz CT molecular complexity index is 833. The van der Waals surface area contributed by atoms with Crippen LogP contribution in [0.15, 0.2) is 36.4 Å². The number of nitrogen functional groups attached to an aromatic ring is 1. The molecule has 106 valence electrons. The second-order valence-corrected chi connectivity index (χ2v) is 5.30. The fourth-order valence-corrected chi connectivity index (χ4v) is 2.64. The highest BCUT2D eigenvalue weighted by molar-refractivity contribution is 6.43. The standard InChI is InChI=1S/C15H12Cl2N4/c1-19-14-10-6-5-8(7-12(10)20-15(18)21-14)9-3-2-4-11(16)13(9)17/h2-7H,1H3,(H3,18,19,20,21). The van der Waals surface area contributed by atoms with Gasteiger partial charge in [-0.25, -0.2) is 4.98 Å². The van der Waals surface area contributed by atoms with Crippen LogP contribution < -0.4 is 11.1 Å². The molecule has 0 radical (unpaired) electrons. The maximum absolute atomic E-state index is 6.27. The van der Waals surface area contributed by atoms with Crippen LogP contribution in [0.5, 0.6) is 0 Å². The third kappa shape index (κ3) is 2.48. The summed E-state index contributed by atoms with van der Waals surface area (Å²) in [5, 5.41) is 4.95. The summed E-state index contributed by atoms with van der Waals surface area (Å²) in [6.07, 6.45) is 0. The molecule has 0 saturated heterocycles. The highest BCUT2D eigenvalue weighted by Crippen LogP contribution is 2.35. The number of nitrogens with one attached hydrogen (secondary N) is 1. The van der Waals surface area contributed by atoms with Crippen molar-refractivity contribution in [1.82, 2.24) is 9.97 Å². The van der Waals surface area contributed by atoms with E-state index in [1.807, 2.05) is 30.3 Å². The van der Waals surface area contributed by atoms with Gasteiger partial charge in [0.1, 0.15) is 5.82 Å². The van der Waals surface area contributed by atoms with E-state index in [-0.39, 0.29) is 5.95 Å². The van der Waals surface area contributed by atoms with Crippen molar-refractivity contribution in [1.29, 1.82) is 0 Å². The van der Waals surface area contributed by atoms with E-state index in [0.717, 1.165) is 22.0 Å². The first-order valence-electron chi connectivity index (χ1n) is 6.29. The summed E-state index contributed by atoms with van der Waals surface area (Å²) in [6.45, 7) is 0. The highest BCUT2D eigenvalue weighted by Gasteiger charge is 2.10. The molecule has 3 aromatic rings. The van der Waals surface area contributed by atoms with Crippen LogP contribution in [-0.2, 0) is 0 Å². The lowest BCUT2D eigenvalue weighted by atomic mass is 10.0. The normalized spacial score (nSPS) is 10.8. The van der Waals surface area contributed by atoms with Gasteiger partial charge in [0.05, 0.1) is 15.6 Å². The van der Waals surface area contributed by atoms with Crippen molar-refractivity contribution in [3.05, 3.63) is 46.4 Å². The Kier molecular flexibility index (Phi) is 3.57. The van der Waals surface area contributed by atoms with Crippen LogP contribution in [0.3, 0.4) is 0 Å². The number of nitrogens with zero attached hydrogens (tertiary/aromatic N) is 2. The van der Waals surface area contributed by atoms with Crippen molar-refractivity contribution in [3.8, 4) is 11.1 Å². The highest BCUT2D eigenvalue weighted by atomic mass is 35.5. The van der Waals surface area contributed by atoms with Crippen LogP contribution in [0.1, 0.15) is 0 Å². The Labute approximate surface area is 131 Å². The second-order valence-electron chi connectivity index (χ2n) is 4.51. The number of fused-ring (bicyclic) bond motifs is 1. The van der Waals surface area contributed by atoms with Crippen LogP contribution in [-0.4, -0.2) is 17.0 Å². The number of anilines is 2. The lowest BCUT2D eigenvalue weighted by molar-refractivity contribution is 1.22. The number of hydrogen-bond acceptors (Lipinski definition) is 4. The van der Waals surface area contributed by atoms with E-state index in [0.29, 0.717) is 15.9 Å². The first kappa shape index (κ1) is 13.9. The maximum atomic E-state index is 6.27. The molecule has 2 aromatic carbocycles. The third-order valence-corrected chi connectivity index (χ3v) is 4.03. The second kappa shape index (κ2) is 5.39. The summed E-state index contributed by atoms with van der Waals surface area (Å²) in [5.41, 5.74) is 8.27. The van der Waals surface area contributed by atoms with Crippen LogP contribution in [0.25, 0.3) is 22.0 Å². The molecular weight excluding hydrogens is 307 g/mol. The van der Waals surface area contributed by atoms with Crippen LogP contribution in [0, 0.1) is 0 Å². The summed E-state index contributed by atoms with van der Waals surface area (Å²) in [5.74, 6) is 0.919. The molecule has 0 spiro atoms. The van der Waals surface area contributed by atoms with Crippen LogP contribution >= 0.6 is 23.2 Å². The van der Waals surface area contributed by atoms with Gasteiger partial charge in [0.15, 0.2) is 0 Å². The van der Waals surface area contributed by atoms with Crippen molar-refractivity contribution in [3.63, 3.8) is 0 Å². The molecule has 4 nitrogen and oxygen atoms in total. The van der Waals surface area contributed by atoms with Crippen molar-refractivity contribution in [2.45, 2.75) is 0 Å². The largest absolute Gasteiger partial charge is 0.372 e.